The third-order valence-electron chi connectivity index (χ3n) is 4.84. The van der Waals surface area contributed by atoms with Gasteiger partial charge in [-0.3, -0.25) is 4.99 Å². The summed E-state index contributed by atoms with van der Waals surface area (Å²) in [4.78, 5) is 8.86. The van der Waals surface area contributed by atoms with E-state index in [4.69, 9.17) is 4.74 Å². The van der Waals surface area contributed by atoms with Crippen LogP contribution in [0.4, 0.5) is 0 Å². The van der Waals surface area contributed by atoms with E-state index in [1.807, 2.05) is 14.0 Å². The molecule has 2 N–H and O–H groups in total. The molecular formula is C18H32N4OS. The highest BCUT2D eigenvalue weighted by Crippen LogP contribution is 2.40. The maximum Gasteiger partial charge on any atom is 0.191 e. The highest BCUT2D eigenvalue weighted by Gasteiger charge is 2.33. The molecule has 0 aliphatic heterocycles. The Morgan fingerprint density at radius 1 is 1.38 bits per heavy atom. The summed E-state index contributed by atoms with van der Waals surface area (Å²) >= 11 is 1.71. The van der Waals surface area contributed by atoms with E-state index in [0.717, 1.165) is 55.8 Å². The fourth-order valence-corrected chi connectivity index (χ4v) is 4.04. The van der Waals surface area contributed by atoms with Gasteiger partial charge in [0.15, 0.2) is 5.96 Å². The normalized spacial score (nSPS) is 17.2. The fraction of sp³-hybridized carbons (Fsp3) is 0.778. The molecule has 0 aromatic carbocycles. The molecule has 1 saturated carbocycles. The molecule has 0 saturated heterocycles. The first kappa shape index (κ1) is 19.2. The van der Waals surface area contributed by atoms with Crippen LogP contribution in [0.15, 0.2) is 10.4 Å². The van der Waals surface area contributed by atoms with Crippen molar-refractivity contribution in [3.8, 4) is 0 Å². The average molecular weight is 353 g/mol. The third kappa shape index (κ3) is 6.06. The van der Waals surface area contributed by atoms with Crippen LogP contribution < -0.4 is 10.6 Å². The van der Waals surface area contributed by atoms with Gasteiger partial charge in [-0.15, -0.1) is 11.3 Å². The molecular weight excluding hydrogens is 320 g/mol. The number of aromatic nitrogens is 1. The van der Waals surface area contributed by atoms with Crippen LogP contribution in [0, 0.1) is 12.3 Å². The molecule has 1 aliphatic rings. The Balaban J connectivity index is 1.74. The minimum absolute atomic E-state index is 0.374. The highest BCUT2D eigenvalue weighted by molar-refractivity contribution is 7.09. The Hall–Kier alpha value is -1.14. The first-order chi connectivity index (χ1) is 11.7. The molecule has 1 heterocycles. The number of hydrogen-bond donors (Lipinski definition) is 2. The predicted molar refractivity (Wildman–Crippen MR) is 102 cm³/mol. The molecule has 0 bridgehead atoms. The predicted octanol–water partition coefficient (Wildman–Crippen LogP) is 3.15. The summed E-state index contributed by atoms with van der Waals surface area (Å²) < 4.78 is 5.59. The SMILES string of the molecule is CCOCCC1(CNC(=NC)NCCc2csc(C)n2)CCCC1. The van der Waals surface area contributed by atoms with Crippen LogP contribution in [-0.4, -0.2) is 44.3 Å². The topological polar surface area (TPSA) is 58.5 Å². The van der Waals surface area contributed by atoms with Crippen molar-refractivity contribution in [2.24, 2.45) is 10.4 Å². The quantitative estimate of drug-likeness (QED) is 0.407. The van der Waals surface area contributed by atoms with Gasteiger partial charge in [0.25, 0.3) is 0 Å². The molecule has 2 rings (SSSR count). The van der Waals surface area contributed by atoms with E-state index in [1.165, 1.54) is 25.7 Å². The van der Waals surface area contributed by atoms with Crippen molar-refractivity contribution in [1.82, 2.24) is 15.6 Å². The molecule has 1 aromatic rings. The maximum atomic E-state index is 5.59. The molecule has 0 spiro atoms. The Morgan fingerprint density at radius 3 is 2.79 bits per heavy atom. The van der Waals surface area contributed by atoms with Gasteiger partial charge >= 0.3 is 0 Å². The number of aryl methyl sites for hydroxylation is 1. The summed E-state index contributed by atoms with van der Waals surface area (Å²) in [5.41, 5.74) is 1.53. The lowest BCUT2D eigenvalue weighted by molar-refractivity contribution is 0.105. The van der Waals surface area contributed by atoms with Gasteiger partial charge < -0.3 is 15.4 Å². The molecule has 1 aromatic heterocycles. The lowest BCUT2D eigenvalue weighted by atomic mass is 9.83. The van der Waals surface area contributed by atoms with Gasteiger partial charge in [-0.05, 0) is 38.5 Å². The minimum atomic E-state index is 0.374. The molecule has 24 heavy (non-hydrogen) atoms. The molecule has 6 heteroatoms. The zero-order valence-corrected chi connectivity index (χ0v) is 16.2. The van der Waals surface area contributed by atoms with Crippen molar-refractivity contribution in [2.75, 3.05) is 33.4 Å². The summed E-state index contributed by atoms with van der Waals surface area (Å²) in [6, 6.07) is 0. The lowest BCUT2D eigenvalue weighted by Crippen LogP contribution is -2.44. The summed E-state index contributed by atoms with van der Waals surface area (Å²) in [5.74, 6) is 0.893. The van der Waals surface area contributed by atoms with Gasteiger partial charge in [-0.25, -0.2) is 4.98 Å². The summed E-state index contributed by atoms with van der Waals surface area (Å²) in [6.07, 6.45) is 7.33. The van der Waals surface area contributed by atoms with Crippen molar-refractivity contribution in [2.45, 2.75) is 52.4 Å². The summed E-state index contributed by atoms with van der Waals surface area (Å²) in [6.45, 7) is 7.63. The number of thiazole rings is 1. The lowest BCUT2D eigenvalue weighted by Gasteiger charge is -2.30. The van der Waals surface area contributed by atoms with Crippen LogP contribution in [-0.2, 0) is 11.2 Å². The zero-order chi connectivity index (χ0) is 17.3. The molecule has 1 aliphatic carbocycles. The largest absolute Gasteiger partial charge is 0.382 e. The second-order valence-corrected chi connectivity index (χ2v) is 7.68. The van der Waals surface area contributed by atoms with Gasteiger partial charge in [0.2, 0.25) is 0 Å². The standard InChI is InChI=1S/C18H32N4OS/c1-4-23-12-10-18(8-5-6-9-18)14-21-17(19-3)20-11-7-16-13-24-15(2)22-16/h13H,4-12,14H2,1-3H3,(H2,19,20,21). The van der Waals surface area contributed by atoms with Crippen molar-refractivity contribution >= 4 is 17.3 Å². The van der Waals surface area contributed by atoms with Crippen molar-refractivity contribution in [1.29, 1.82) is 0 Å². The number of nitrogens with one attached hydrogen (secondary N) is 2. The number of rotatable bonds is 9. The zero-order valence-electron chi connectivity index (χ0n) is 15.4. The van der Waals surface area contributed by atoms with Gasteiger partial charge in [0.1, 0.15) is 0 Å². The van der Waals surface area contributed by atoms with E-state index < -0.39 is 0 Å². The van der Waals surface area contributed by atoms with E-state index in [0.29, 0.717) is 5.41 Å². The van der Waals surface area contributed by atoms with Gasteiger partial charge in [0.05, 0.1) is 10.7 Å². The maximum absolute atomic E-state index is 5.59. The van der Waals surface area contributed by atoms with Crippen LogP contribution in [0.2, 0.25) is 0 Å². The smallest absolute Gasteiger partial charge is 0.191 e. The number of ether oxygens (including phenoxy) is 1. The number of hydrogen-bond acceptors (Lipinski definition) is 4. The third-order valence-corrected chi connectivity index (χ3v) is 5.66. The van der Waals surface area contributed by atoms with Crippen LogP contribution >= 0.6 is 11.3 Å². The minimum Gasteiger partial charge on any atom is -0.382 e. The van der Waals surface area contributed by atoms with Crippen molar-refractivity contribution < 1.29 is 4.74 Å². The molecule has 1 fully saturated rings. The van der Waals surface area contributed by atoms with E-state index in [1.54, 1.807) is 11.3 Å². The monoisotopic (exact) mass is 352 g/mol. The molecule has 0 unspecified atom stereocenters. The first-order valence-corrected chi connectivity index (χ1v) is 9.99. The van der Waals surface area contributed by atoms with E-state index in [-0.39, 0.29) is 0 Å². The van der Waals surface area contributed by atoms with Gasteiger partial charge in [-0.1, -0.05) is 12.8 Å². The number of guanidine groups is 1. The molecule has 0 amide bonds. The van der Waals surface area contributed by atoms with Crippen LogP contribution in [0.25, 0.3) is 0 Å². The second-order valence-electron chi connectivity index (χ2n) is 6.61. The van der Waals surface area contributed by atoms with Crippen molar-refractivity contribution in [3.63, 3.8) is 0 Å². The van der Waals surface area contributed by atoms with Crippen LogP contribution in [0.5, 0.6) is 0 Å². The van der Waals surface area contributed by atoms with E-state index in [2.05, 4.69) is 32.9 Å². The Bertz CT molecular complexity index is 509. The van der Waals surface area contributed by atoms with Gasteiger partial charge in [-0.2, -0.15) is 0 Å². The summed E-state index contributed by atoms with van der Waals surface area (Å²) in [5, 5.41) is 10.2. The van der Waals surface area contributed by atoms with Gasteiger partial charge in [0, 0.05) is 45.2 Å². The summed E-state index contributed by atoms with van der Waals surface area (Å²) in [7, 11) is 1.84. The molecule has 5 nitrogen and oxygen atoms in total. The average Bonchev–Trinajstić information content (AvgIpc) is 3.21. The second kappa shape index (κ2) is 9.99. The Kier molecular flexibility index (Phi) is 7.99. The fourth-order valence-electron chi connectivity index (χ4n) is 3.40. The Morgan fingerprint density at radius 2 is 2.17 bits per heavy atom. The van der Waals surface area contributed by atoms with Crippen LogP contribution in [0.3, 0.4) is 0 Å². The van der Waals surface area contributed by atoms with E-state index >= 15 is 0 Å². The number of nitrogens with zero attached hydrogens (tertiary/aromatic N) is 2. The highest BCUT2D eigenvalue weighted by atomic mass is 32.1. The Labute approximate surface area is 150 Å². The van der Waals surface area contributed by atoms with Crippen LogP contribution in [0.1, 0.15) is 49.7 Å². The van der Waals surface area contributed by atoms with E-state index in [9.17, 15) is 0 Å². The molecule has 0 radical (unpaired) electrons. The molecule has 0 atom stereocenters. The first-order valence-electron chi connectivity index (χ1n) is 9.11. The molecule has 136 valence electrons. The number of aliphatic imine (C=N–C) groups is 1. The van der Waals surface area contributed by atoms with Crippen molar-refractivity contribution in [3.05, 3.63) is 16.1 Å².